The number of likely N-dealkylation sites (tertiary alicyclic amines) is 1. The minimum absolute atomic E-state index is 0.0271. The first kappa shape index (κ1) is 25.1. The van der Waals surface area contributed by atoms with Gasteiger partial charge in [-0.15, -0.1) is 0 Å². The molecule has 3 rings (SSSR count). The molecule has 1 N–H and O–H groups in total. The predicted molar refractivity (Wildman–Crippen MR) is 128 cm³/mol. The Morgan fingerprint density at radius 3 is 2.26 bits per heavy atom. The van der Waals surface area contributed by atoms with E-state index in [1.165, 1.54) is 4.90 Å². The lowest BCUT2D eigenvalue weighted by molar-refractivity contribution is -0.857. The van der Waals surface area contributed by atoms with E-state index < -0.39 is 23.5 Å². The van der Waals surface area contributed by atoms with Crippen LogP contribution in [0.4, 0.5) is 0 Å². The molecule has 0 aliphatic carbocycles. The Kier molecular flexibility index (Phi) is 8.49. The number of Topliss-reactive ketones (excluding diaryl/α,β-unsaturated/α-hetero) is 1. The van der Waals surface area contributed by atoms with Crippen LogP contribution in [-0.2, 0) is 9.59 Å². The van der Waals surface area contributed by atoms with E-state index in [0.29, 0.717) is 48.9 Å². The molecule has 0 spiro atoms. The summed E-state index contributed by atoms with van der Waals surface area (Å²) in [7, 11) is 3.95. The first-order chi connectivity index (χ1) is 16.4. The number of nitrogens with zero attached hydrogens (tertiary/aromatic N) is 1. The Balaban J connectivity index is 2.02. The van der Waals surface area contributed by atoms with Gasteiger partial charge in [-0.25, -0.2) is 0 Å². The molecule has 1 amide bonds. The maximum absolute atomic E-state index is 13.5. The van der Waals surface area contributed by atoms with E-state index in [1.807, 2.05) is 21.0 Å². The Morgan fingerprint density at radius 2 is 1.68 bits per heavy atom. The van der Waals surface area contributed by atoms with Crippen LogP contribution in [0.5, 0.6) is 11.5 Å². The van der Waals surface area contributed by atoms with Crippen molar-refractivity contribution in [2.75, 3.05) is 40.4 Å². The second-order valence-electron chi connectivity index (χ2n) is 8.47. The highest BCUT2D eigenvalue weighted by Crippen LogP contribution is 2.39. The van der Waals surface area contributed by atoms with Gasteiger partial charge in [0.05, 0.1) is 39.8 Å². The van der Waals surface area contributed by atoms with Crippen molar-refractivity contribution >= 4 is 17.4 Å². The second kappa shape index (κ2) is 11.5. The van der Waals surface area contributed by atoms with Crippen LogP contribution in [0.1, 0.15) is 30.5 Å². The van der Waals surface area contributed by atoms with Gasteiger partial charge in [-0.05, 0) is 41.8 Å². The van der Waals surface area contributed by atoms with E-state index in [0.717, 1.165) is 11.3 Å². The SMILES string of the molecule is C=CCOc1ccc(C2/C(=C(\[O-])c3ccc(OCCC)cc3)C(=O)C(=O)N2CC[NH+](C)C)cc1. The van der Waals surface area contributed by atoms with E-state index in [9.17, 15) is 14.7 Å². The minimum Gasteiger partial charge on any atom is -0.872 e. The normalized spacial score (nSPS) is 17.3. The highest BCUT2D eigenvalue weighted by Gasteiger charge is 2.44. The van der Waals surface area contributed by atoms with Gasteiger partial charge in [-0.1, -0.05) is 49.6 Å². The second-order valence-corrected chi connectivity index (χ2v) is 8.47. The van der Waals surface area contributed by atoms with Gasteiger partial charge >= 0.3 is 0 Å². The van der Waals surface area contributed by atoms with Gasteiger partial charge in [-0.2, -0.15) is 0 Å². The van der Waals surface area contributed by atoms with E-state index in [1.54, 1.807) is 54.6 Å². The number of carbonyl (C=O) groups is 2. The molecule has 1 aliphatic rings. The summed E-state index contributed by atoms with van der Waals surface area (Å²) >= 11 is 0. The predicted octanol–water partition coefficient (Wildman–Crippen LogP) is 1.41. The third-order valence-corrected chi connectivity index (χ3v) is 5.54. The maximum atomic E-state index is 13.5. The van der Waals surface area contributed by atoms with Gasteiger partial charge in [0.25, 0.3) is 5.91 Å². The van der Waals surface area contributed by atoms with Crippen LogP contribution in [0, 0.1) is 0 Å². The smallest absolute Gasteiger partial charge is 0.295 e. The lowest BCUT2D eigenvalue weighted by Crippen LogP contribution is -3.06. The van der Waals surface area contributed by atoms with Gasteiger partial charge in [0, 0.05) is 5.57 Å². The Morgan fingerprint density at radius 1 is 1.06 bits per heavy atom. The Labute approximate surface area is 200 Å². The van der Waals surface area contributed by atoms with Crippen molar-refractivity contribution in [3.8, 4) is 11.5 Å². The molecule has 0 aromatic heterocycles. The number of rotatable bonds is 11. The zero-order valence-corrected chi connectivity index (χ0v) is 20.0. The zero-order valence-electron chi connectivity index (χ0n) is 20.0. The van der Waals surface area contributed by atoms with Crippen LogP contribution in [0.3, 0.4) is 0 Å². The molecule has 7 heteroatoms. The van der Waals surface area contributed by atoms with Gasteiger partial charge in [0.2, 0.25) is 5.78 Å². The quantitative estimate of drug-likeness (QED) is 0.235. The molecule has 1 aliphatic heterocycles. The summed E-state index contributed by atoms with van der Waals surface area (Å²) < 4.78 is 11.1. The highest BCUT2D eigenvalue weighted by atomic mass is 16.5. The summed E-state index contributed by atoms with van der Waals surface area (Å²) in [6, 6.07) is 13.0. The van der Waals surface area contributed by atoms with Gasteiger partial charge in [0.15, 0.2) is 0 Å². The van der Waals surface area contributed by atoms with E-state index in [4.69, 9.17) is 9.47 Å². The fourth-order valence-corrected chi connectivity index (χ4v) is 3.77. The molecule has 180 valence electrons. The van der Waals surface area contributed by atoms with E-state index in [-0.39, 0.29) is 5.57 Å². The molecule has 0 bridgehead atoms. The average molecular weight is 465 g/mol. The number of ketones is 1. The molecular formula is C27H32N2O5. The Hall–Kier alpha value is -3.58. The molecule has 2 aromatic carbocycles. The van der Waals surface area contributed by atoms with Crippen molar-refractivity contribution in [1.29, 1.82) is 0 Å². The number of hydrogen-bond donors (Lipinski definition) is 1. The summed E-state index contributed by atoms with van der Waals surface area (Å²) in [5, 5.41) is 13.5. The summed E-state index contributed by atoms with van der Waals surface area (Å²) in [6.07, 6.45) is 2.52. The number of ether oxygens (including phenoxy) is 2. The first-order valence-electron chi connectivity index (χ1n) is 11.5. The molecule has 1 atom stereocenters. The number of quaternary nitrogens is 1. The standard InChI is InChI=1S/C27H32N2O5/c1-5-17-33-21-11-7-19(8-12-21)24-23(26(31)27(32)29(24)16-15-28(3)4)25(30)20-9-13-22(14-10-20)34-18-6-2/h5,7-14,24,30H,1,6,15-18H2,2-4H3/b25-23+. The topological polar surface area (TPSA) is 83.3 Å². The molecule has 0 radical (unpaired) electrons. The molecule has 1 fully saturated rings. The minimum atomic E-state index is -0.753. The molecule has 1 heterocycles. The van der Waals surface area contributed by atoms with Crippen LogP contribution in [0.15, 0.2) is 66.8 Å². The summed E-state index contributed by atoms with van der Waals surface area (Å²) in [5.41, 5.74) is 1.00. The third-order valence-electron chi connectivity index (χ3n) is 5.54. The number of nitrogens with one attached hydrogen (secondary N) is 1. The van der Waals surface area contributed by atoms with Crippen molar-refractivity contribution in [2.45, 2.75) is 19.4 Å². The third kappa shape index (κ3) is 5.66. The van der Waals surface area contributed by atoms with E-state index >= 15 is 0 Å². The van der Waals surface area contributed by atoms with Crippen molar-refractivity contribution in [3.05, 3.63) is 77.9 Å². The first-order valence-corrected chi connectivity index (χ1v) is 11.5. The zero-order chi connectivity index (χ0) is 24.7. The van der Waals surface area contributed by atoms with Crippen LogP contribution in [0.25, 0.3) is 5.76 Å². The van der Waals surface area contributed by atoms with Gasteiger partial charge in [0.1, 0.15) is 18.1 Å². The highest BCUT2D eigenvalue weighted by molar-refractivity contribution is 6.46. The maximum Gasteiger partial charge on any atom is 0.295 e. The van der Waals surface area contributed by atoms with Crippen LogP contribution >= 0.6 is 0 Å². The number of hydrogen-bond acceptors (Lipinski definition) is 5. The summed E-state index contributed by atoms with van der Waals surface area (Å²) in [5.74, 6) is -0.554. The van der Waals surface area contributed by atoms with Crippen molar-refractivity contribution in [1.82, 2.24) is 4.90 Å². The van der Waals surface area contributed by atoms with Crippen molar-refractivity contribution in [2.24, 2.45) is 0 Å². The summed E-state index contributed by atoms with van der Waals surface area (Å²) in [6.45, 7) is 7.59. The molecule has 2 aromatic rings. The molecule has 1 unspecified atom stereocenters. The van der Waals surface area contributed by atoms with E-state index in [2.05, 4.69) is 6.58 Å². The summed E-state index contributed by atoms with van der Waals surface area (Å²) in [4.78, 5) is 28.7. The van der Waals surface area contributed by atoms with Gasteiger partial charge in [-0.3, -0.25) is 9.59 Å². The number of amides is 1. The number of likely N-dealkylation sites (N-methyl/N-ethyl adjacent to an activating group) is 1. The monoisotopic (exact) mass is 464 g/mol. The number of carbonyl (C=O) groups excluding carboxylic acids is 2. The lowest BCUT2D eigenvalue weighted by atomic mass is 9.95. The molecule has 0 saturated carbocycles. The van der Waals surface area contributed by atoms with Crippen molar-refractivity contribution in [3.63, 3.8) is 0 Å². The van der Waals surface area contributed by atoms with Crippen LogP contribution in [0.2, 0.25) is 0 Å². The molecule has 1 saturated heterocycles. The lowest BCUT2D eigenvalue weighted by Gasteiger charge is -2.28. The van der Waals surface area contributed by atoms with Crippen LogP contribution < -0.4 is 19.5 Å². The molecular weight excluding hydrogens is 432 g/mol. The largest absolute Gasteiger partial charge is 0.872 e. The van der Waals surface area contributed by atoms with Crippen LogP contribution in [-0.4, -0.2) is 57.0 Å². The molecule has 7 nitrogen and oxygen atoms in total. The number of benzene rings is 2. The van der Waals surface area contributed by atoms with Crippen molar-refractivity contribution < 1.29 is 29.1 Å². The Bertz CT molecular complexity index is 1040. The molecule has 34 heavy (non-hydrogen) atoms. The fourth-order valence-electron chi connectivity index (χ4n) is 3.77. The average Bonchev–Trinajstić information content (AvgIpc) is 3.10. The van der Waals surface area contributed by atoms with Gasteiger partial charge < -0.3 is 24.4 Å². The fraction of sp³-hybridized carbons (Fsp3) is 0.333.